The molecule has 3 nitrogen and oxygen atoms in total. The van der Waals surface area contributed by atoms with E-state index in [1.165, 1.54) is 6.42 Å². The van der Waals surface area contributed by atoms with Gasteiger partial charge >= 0.3 is 0 Å². The summed E-state index contributed by atoms with van der Waals surface area (Å²) >= 11 is 6.04. The van der Waals surface area contributed by atoms with E-state index >= 15 is 0 Å². The smallest absolute Gasteiger partial charge is 0.0637 e. The van der Waals surface area contributed by atoms with Crippen LogP contribution in [-0.4, -0.2) is 17.7 Å². The summed E-state index contributed by atoms with van der Waals surface area (Å²) in [4.78, 5) is 3.95. The Morgan fingerprint density at radius 3 is 3.19 bits per heavy atom. The molecule has 1 saturated heterocycles. The van der Waals surface area contributed by atoms with Gasteiger partial charge in [0.15, 0.2) is 0 Å². The minimum absolute atomic E-state index is 0.0142. The highest BCUT2D eigenvalue weighted by Crippen LogP contribution is 2.26. The van der Waals surface area contributed by atoms with Gasteiger partial charge < -0.3 is 10.5 Å². The van der Waals surface area contributed by atoms with E-state index in [2.05, 4.69) is 4.98 Å². The number of hydrogen-bond acceptors (Lipinski definition) is 3. The predicted octanol–water partition coefficient (Wildman–Crippen LogP) is 2.69. The van der Waals surface area contributed by atoms with Crippen LogP contribution in [0.3, 0.4) is 0 Å². The van der Waals surface area contributed by atoms with Gasteiger partial charge in [-0.25, -0.2) is 0 Å². The minimum Gasteiger partial charge on any atom is -0.378 e. The quantitative estimate of drug-likeness (QED) is 0.880. The van der Waals surface area contributed by atoms with Crippen molar-refractivity contribution < 1.29 is 4.74 Å². The second-order valence-corrected chi connectivity index (χ2v) is 4.62. The maximum atomic E-state index is 6.11. The van der Waals surface area contributed by atoms with Crippen LogP contribution in [0.15, 0.2) is 18.5 Å². The van der Waals surface area contributed by atoms with Gasteiger partial charge in [-0.3, -0.25) is 4.98 Å². The third kappa shape index (κ3) is 2.94. The van der Waals surface area contributed by atoms with Crippen molar-refractivity contribution >= 4 is 11.6 Å². The van der Waals surface area contributed by atoms with E-state index in [4.69, 9.17) is 22.1 Å². The summed E-state index contributed by atoms with van der Waals surface area (Å²) in [6.07, 6.45) is 8.03. The van der Waals surface area contributed by atoms with Crippen LogP contribution in [0.2, 0.25) is 5.02 Å². The molecule has 1 aliphatic heterocycles. The van der Waals surface area contributed by atoms with E-state index in [1.807, 2.05) is 6.07 Å². The number of pyridine rings is 1. The van der Waals surface area contributed by atoms with Crippen molar-refractivity contribution in [1.29, 1.82) is 0 Å². The SMILES string of the molecule is NC(CCC1CCCO1)c1ccncc1Cl. The molecule has 2 atom stereocenters. The summed E-state index contributed by atoms with van der Waals surface area (Å²) in [5.74, 6) is 0. The number of nitrogens with two attached hydrogens (primary N) is 1. The minimum atomic E-state index is -0.0142. The lowest BCUT2D eigenvalue weighted by molar-refractivity contribution is 0.101. The van der Waals surface area contributed by atoms with Crippen LogP contribution in [0.1, 0.15) is 37.3 Å². The molecule has 0 spiro atoms. The van der Waals surface area contributed by atoms with Crippen LogP contribution < -0.4 is 5.73 Å². The van der Waals surface area contributed by atoms with Gasteiger partial charge in [0.05, 0.1) is 11.1 Å². The van der Waals surface area contributed by atoms with Crippen LogP contribution in [0.4, 0.5) is 0 Å². The molecule has 1 fully saturated rings. The first-order chi connectivity index (χ1) is 7.77. The van der Waals surface area contributed by atoms with Crippen molar-refractivity contribution in [2.24, 2.45) is 5.73 Å². The Morgan fingerprint density at radius 2 is 2.50 bits per heavy atom. The third-order valence-corrected chi connectivity index (χ3v) is 3.34. The molecular formula is C12H17ClN2O. The topological polar surface area (TPSA) is 48.1 Å². The summed E-state index contributed by atoms with van der Waals surface area (Å²) in [5.41, 5.74) is 7.09. The molecule has 0 saturated carbocycles. The van der Waals surface area contributed by atoms with E-state index < -0.39 is 0 Å². The average Bonchev–Trinajstić information content (AvgIpc) is 2.79. The summed E-state index contributed by atoms with van der Waals surface area (Å²) in [6.45, 7) is 0.899. The van der Waals surface area contributed by atoms with E-state index in [0.29, 0.717) is 11.1 Å². The first-order valence-electron chi connectivity index (χ1n) is 5.74. The van der Waals surface area contributed by atoms with Crippen LogP contribution in [0.25, 0.3) is 0 Å². The van der Waals surface area contributed by atoms with Gasteiger partial charge in [0, 0.05) is 25.0 Å². The van der Waals surface area contributed by atoms with Crippen molar-refractivity contribution in [1.82, 2.24) is 4.98 Å². The predicted molar refractivity (Wildman–Crippen MR) is 64.4 cm³/mol. The Kier molecular flexibility index (Phi) is 4.16. The number of halogens is 1. The van der Waals surface area contributed by atoms with E-state index in [0.717, 1.165) is 31.4 Å². The molecule has 1 aliphatic rings. The highest BCUT2D eigenvalue weighted by atomic mass is 35.5. The highest BCUT2D eigenvalue weighted by Gasteiger charge is 2.17. The van der Waals surface area contributed by atoms with Crippen LogP contribution >= 0.6 is 11.6 Å². The largest absolute Gasteiger partial charge is 0.378 e. The molecule has 0 amide bonds. The molecule has 2 heterocycles. The lowest BCUT2D eigenvalue weighted by Crippen LogP contribution is -2.14. The summed E-state index contributed by atoms with van der Waals surface area (Å²) in [6, 6.07) is 1.88. The standard InChI is InChI=1S/C12H17ClN2O/c13-11-8-15-6-5-10(11)12(14)4-3-9-2-1-7-16-9/h5-6,8-9,12H,1-4,7,14H2. The van der Waals surface area contributed by atoms with Crippen molar-refractivity contribution in [3.05, 3.63) is 29.0 Å². The molecule has 0 aliphatic carbocycles. The highest BCUT2D eigenvalue weighted by molar-refractivity contribution is 6.31. The van der Waals surface area contributed by atoms with Gasteiger partial charge in [-0.2, -0.15) is 0 Å². The lowest BCUT2D eigenvalue weighted by atomic mass is 10.0. The molecule has 0 bridgehead atoms. The fraction of sp³-hybridized carbons (Fsp3) is 0.583. The molecule has 2 N–H and O–H groups in total. The molecule has 1 aromatic heterocycles. The van der Waals surface area contributed by atoms with E-state index in [1.54, 1.807) is 12.4 Å². The first kappa shape index (κ1) is 11.8. The second-order valence-electron chi connectivity index (χ2n) is 4.22. The Morgan fingerprint density at radius 1 is 1.62 bits per heavy atom. The normalized spacial score (nSPS) is 22.2. The van der Waals surface area contributed by atoms with Crippen molar-refractivity contribution in [2.45, 2.75) is 37.8 Å². The molecule has 2 unspecified atom stereocenters. The van der Waals surface area contributed by atoms with E-state index in [9.17, 15) is 0 Å². The second kappa shape index (κ2) is 5.62. The number of aromatic nitrogens is 1. The molecule has 1 aromatic rings. The zero-order valence-corrected chi connectivity index (χ0v) is 9.99. The average molecular weight is 241 g/mol. The molecule has 0 aromatic carbocycles. The van der Waals surface area contributed by atoms with Gasteiger partial charge in [0.2, 0.25) is 0 Å². The van der Waals surface area contributed by atoms with Crippen molar-refractivity contribution in [2.75, 3.05) is 6.61 Å². The summed E-state index contributed by atoms with van der Waals surface area (Å²) < 4.78 is 5.57. The van der Waals surface area contributed by atoms with Crippen LogP contribution in [0, 0.1) is 0 Å². The van der Waals surface area contributed by atoms with Gasteiger partial charge in [-0.1, -0.05) is 11.6 Å². The van der Waals surface area contributed by atoms with Crippen LogP contribution in [-0.2, 0) is 4.74 Å². The molecule has 2 rings (SSSR count). The lowest BCUT2D eigenvalue weighted by Gasteiger charge is -2.15. The zero-order chi connectivity index (χ0) is 11.4. The Labute approximate surface area is 101 Å². The maximum Gasteiger partial charge on any atom is 0.0637 e. The number of rotatable bonds is 4. The molecular weight excluding hydrogens is 224 g/mol. The fourth-order valence-electron chi connectivity index (χ4n) is 2.08. The fourth-order valence-corrected chi connectivity index (χ4v) is 2.34. The van der Waals surface area contributed by atoms with Crippen molar-refractivity contribution in [3.8, 4) is 0 Å². The Balaban J connectivity index is 1.87. The Bertz CT molecular complexity index is 340. The zero-order valence-electron chi connectivity index (χ0n) is 9.23. The number of ether oxygens (including phenoxy) is 1. The molecule has 4 heteroatoms. The maximum absolute atomic E-state index is 6.11. The van der Waals surface area contributed by atoms with E-state index in [-0.39, 0.29) is 6.04 Å². The van der Waals surface area contributed by atoms with Gasteiger partial charge in [-0.15, -0.1) is 0 Å². The van der Waals surface area contributed by atoms with Gasteiger partial charge in [0.25, 0.3) is 0 Å². The van der Waals surface area contributed by atoms with Gasteiger partial charge in [0.1, 0.15) is 0 Å². The third-order valence-electron chi connectivity index (χ3n) is 3.03. The Hall–Kier alpha value is -0.640. The first-order valence-corrected chi connectivity index (χ1v) is 6.12. The van der Waals surface area contributed by atoms with Gasteiger partial charge in [-0.05, 0) is 37.3 Å². The monoisotopic (exact) mass is 240 g/mol. The number of nitrogens with zero attached hydrogens (tertiary/aromatic N) is 1. The summed E-state index contributed by atoms with van der Waals surface area (Å²) in [7, 11) is 0. The van der Waals surface area contributed by atoms with Crippen molar-refractivity contribution in [3.63, 3.8) is 0 Å². The van der Waals surface area contributed by atoms with Crippen LogP contribution in [0.5, 0.6) is 0 Å². The molecule has 88 valence electrons. The summed E-state index contributed by atoms with van der Waals surface area (Å²) in [5, 5.41) is 0.655. The number of hydrogen-bond donors (Lipinski definition) is 1. The molecule has 0 radical (unpaired) electrons. The molecule has 16 heavy (non-hydrogen) atoms.